The number of halogens is 1. The molecule has 0 aromatic heterocycles. The van der Waals surface area contributed by atoms with Crippen LogP contribution in [0.5, 0.6) is 0 Å². The van der Waals surface area contributed by atoms with Crippen molar-refractivity contribution in [3.8, 4) is 0 Å². The minimum atomic E-state index is -0.739. The van der Waals surface area contributed by atoms with Crippen LogP contribution in [0.2, 0.25) is 0 Å². The molecule has 0 radical (unpaired) electrons. The van der Waals surface area contributed by atoms with E-state index in [-0.39, 0.29) is 6.42 Å². The lowest BCUT2D eigenvalue weighted by molar-refractivity contribution is -0.136. The predicted molar refractivity (Wildman–Crippen MR) is 59.9 cm³/mol. The van der Waals surface area contributed by atoms with E-state index in [2.05, 4.69) is 28.7 Å². The first-order valence-electron chi connectivity index (χ1n) is 4.06. The highest BCUT2D eigenvalue weighted by Crippen LogP contribution is 2.13. The van der Waals surface area contributed by atoms with Gasteiger partial charge in [-0.2, -0.15) is 0 Å². The van der Waals surface area contributed by atoms with Gasteiger partial charge in [-0.05, 0) is 59.2 Å². The summed E-state index contributed by atoms with van der Waals surface area (Å²) < 4.78 is 1.16. The number of aryl methyl sites for hydroxylation is 2. The molecule has 0 fully saturated rings. The molecule has 0 spiro atoms. The summed E-state index contributed by atoms with van der Waals surface area (Å²) in [5.74, 6) is -0.739. The first-order valence-corrected chi connectivity index (χ1v) is 5.13. The lowest BCUT2D eigenvalue weighted by Crippen LogP contribution is -1.97. The number of carbonyl (C=O) groups is 1. The SMILES string of the molecule is Cc1cc(I)cc(CCC(=O)O)c1. The molecule has 0 aliphatic rings. The molecule has 3 heteroatoms. The number of hydrogen-bond acceptors (Lipinski definition) is 1. The number of aliphatic carboxylic acids is 1. The largest absolute Gasteiger partial charge is 0.481 e. The zero-order chi connectivity index (χ0) is 9.84. The number of hydrogen-bond donors (Lipinski definition) is 1. The van der Waals surface area contributed by atoms with Crippen molar-refractivity contribution in [2.75, 3.05) is 0 Å². The minimum absolute atomic E-state index is 0.208. The first-order chi connectivity index (χ1) is 6.08. The second-order valence-corrected chi connectivity index (χ2v) is 4.28. The van der Waals surface area contributed by atoms with Crippen LogP contribution in [0.1, 0.15) is 17.5 Å². The highest BCUT2D eigenvalue weighted by molar-refractivity contribution is 14.1. The second-order valence-electron chi connectivity index (χ2n) is 3.03. The Hall–Kier alpha value is -0.580. The van der Waals surface area contributed by atoms with Crippen molar-refractivity contribution in [3.05, 3.63) is 32.9 Å². The Morgan fingerprint density at radius 2 is 2.15 bits per heavy atom. The van der Waals surface area contributed by atoms with Gasteiger partial charge >= 0.3 is 5.97 Å². The summed E-state index contributed by atoms with van der Waals surface area (Å²) in [4.78, 5) is 10.3. The van der Waals surface area contributed by atoms with E-state index in [0.717, 1.165) is 9.13 Å². The number of rotatable bonds is 3. The Labute approximate surface area is 91.1 Å². The van der Waals surface area contributed by atoms with E-state index in [1.807, 2.05) is 19.1 Å². The van der Waals surface area contributed by atoms with Gasteiger partial charge in [0.05, 0.1) is 0 Å². The molecule has 0 atom stereocenters. The zero-order valence-electron chi connectivity index (χ0n) is 7.38. The van der Waals surface area contributed by atoms with Crippen molar-refractivity contribution >= 4 is 28.6 Å². The summed E-state index contributed by atoms with van der Waals surface area (Å²) in [5.41, 5.74) is 2.29. The monoisotopic (exact) mass is 290 g/mol. The smallest absolute Gasteiger partial charge is 0.303 e. The third-order valence-electron chi connectivity index (χ3n) is 1.73. The van der Waals surface area contributed by atoms with Gasteiger partial charge in [-0.1, -0.05) is 6.07 Å². The van der Waals surface area contributed by atoms with Crippen LogP contribution in [0.15, 0.2) is 18.2 Å². The molecule has 2 nitrogen and oxygen atoms in total. The van der Waals surface area contributed by atoms with Crippen molar-refractivity contribution in [3.63, 3.8) is 0 Å². The molecule has 13 heavy (non-hydrogen) atoms. The van der Waals surface area contributed by atoms with E-state index in [9.17, 15) is 4.79 Å². The molecule has 1 rings (SSSR count). The summed E-state index contributed by atoms with van der Waals surface area (Å²) in [5, 5.41) is 8.51. The molecule has 0 aliphatic carbocycles. The van der Waals surface area contributed by atoms with Gasteiger partial charge in [-0.25, -0.2) is 0 Å². The Morgan fingerprint density at radius 1 is 1.46 bits per heavy atom. The van der Waals surface area contributed by atoms with Crippen LogP contribution in [0, 0.1) is 10.5 Å². The number of carboxylic acids is 1. The van der Waals surface area contributed by atoms with Gasteiger partial charge in [-0.15, -0.1) is 0 Å². The topological polar surface area (TPSA) is 37.3 Å². The fraction of sp³-hybridized carbons (Fsp3) is 0.300. The van der Waals surface area contributed by atoms with E-state index < -0.39 is 5.97 Å². The van der Waals surface area contributed by atoms with Gasteiger partial charge in [0.1, 0.15) is 0 Å². The highest BCUT2D eigenvalue weighted by Gasteiger charge is 2.00. The minimum Gasteiger partial charge on any atom is -0.481 e. The number of carboxylic acid groups (broad SMARTS) is 1. The Morgan fingerprint density at radius 3 is 2.69 bits per heavy atom. The molecule has 70 valence electrons. The lowest BCUT2D eigenvalue weighted by atomic mass is 10.1. The van der Waals surface area contributed by atoms with Crippen LogP contribution in [0.4, 0.5) is 0 Å². The first kappa shape index (κ1) is 10.5. The highest BCUT2D eigenvalue weighted by atomic mass is 127. The van der Waals surface area contributed by atoms with Gasteiger partial charge in [0.15, 0.2) is 0 Å². The third-order valence-corrected chi connectivity index (χ3v) is 2.35. The third kappa shape index (κ3) is 3.76. The molecule has 0 aliphatic heterocycles. The van der Waals surface area contributed by atoms with E-state index in [1.54, 1.807) is 0 Å². The van der Waals surface area contributed by atoms with Crippen molar-refractivity contribution < 1.29 is 9.90 Å². The van der Waals surface area contributed by atoms with E-state index >= 15 is 0 Å². The molecule has 0 saturated carbocycles. The van der Waals surface area contributed by atoms with Gasteiger partial charge in [0.25, 0.3) is 0 Å². The maximum absolute atomic E-state index is 10.3. The fourth-order valence-corrected chi connectivity index (χ4v) is 2.10. The average Bonchev–Trinajstić information content (AvgIpc) is 1.99. The van der Waals surface area contributed by atoms with Gasteiger partial charge in [0, 0.05) is 9.99 Å². The zero-order valence-corrected chi connectivity index (χ0v) is 9.54. The molecule has 0 amide bonds. The van der Waals surface area contributed by atoms with Gasteiger partial charge in [-0.3, -0.25) is 4.79 Å². The van der Waals surface area contributed by atoms with Gasteiger partial charge < -0.3 is 5.11 Å². The molecule has 0 heterocycles. The van der Waals surface area contributed by atoms with Crippen LogP contribution in [-0.4, -0.2) is 11.1 Å². The van der Waals surface area contributed by atoms with E-state index in [4.69, 9.17) is 5.11 Å². The van der Waals surface area contributed by atoms with Crippen LogP contribution < -0.4 is 0 Å². The van der Waals surface area contributed by atoms with Crippen molar-refractivity contribution in [1.29, 1.82) is 0 Å². The van der Waals surface area contributed by atoms with Crippen LogP contribution in [0.25, 0.3) is 0 Å². The van der Waals surface area contributed by atoms with Crippen molar-refractivity contribution in [2.24, 2.45) is 0 Å². The molecule has 0 unspecified atom stereocenters. The average molecular weight is 290 g/mol. The van der Waals surface area contributed by atoms with Crippen LogP contribution in [-0.2, 0) is 11.2 Å². The van der Waals surface area contributed by atoms with Crippen LogP contribution >= 0.6 is 22.6 Å². The quantitative estimate of drug-likeness (QED) is 0.869. The molecular formula is C10H11IO2. The van der Waals surface area contributed by atoms with E-state index in [1.165, 1.54) is 5.56 Å². The fourth-order valence-electron chi connectivity index (χ4n) is 1.21. The number of benzene rings is 1. The summed E-state index contributed by atoms with van der Waals surface area (Å²) in [6.45, 7) is 2.02. The Balaban J connectivity index is 2.71. The standard InChI is InChI=1S/C10H11IO2/c1-7-4-8(2-3-10(12)13)6-9(11)5-7/h4-6H,2-3H2,1H3,(H,12,13). The van der Waals surface area contributed by atoms with Gasteiger partial charge in [0.2, 0.25) is 0 Å². The van der Waals surface area contributed by atoms with Crippen molar-refractivity contribution in [2.45, 2.75) is 19.8 Å². The Bertz CT molecular complexity index is 300. The van der Waals surface area contributed by atoms with Crippen LogP contribution in [0.3, 0.4) is 0 Å². The second kappa shape index (κ2) is 4.60. The summed E-state index contributed by atoms with van der Waals surface area (Å²) in [6.07, 6.45) is 0.826. The predicted octanol–water partition coefficient (Wildman–Crippen LogP) is 2.62. The summed E-state index contributed by atoms with van der Waals surface area (Å²) in [6, 6.07) is 6.13. The molecule has 0 bridgehead atoms. The summed E-state index contributed by atoms with van der Waals surface area (Å²) >= 11 is 2.24. The molecular weight excluding hydrogens is 279 g/mol. The molecule has 0 saturated heterocycles. The molecule has 1 aromatic carbocycles. The maximum Gasteiger partial charge on any atom is 0.303 e. The molecule has 1 aromatic rings. The molecule has 1 N–H and O–H groups in total. The Kier molecular flexibility index (Phi) is 3.71. The van der Waals surface area contributed by atoms with E-state index in [0.29, 0.717) is 6.42 Å². The normalized spacial score (nSPS) is 10.0. The lowest BCUT2D eigenvalue weighted by Gasteiger charge is -2.01. The summed E-state index contributed by atoms with van der Waals surface area (Å²) in [7, 11) is 0. The maximum atomic E-state index is 10.3. The van der Waals surface area contributed by atoms with Crippen molar-refractivity contribution in [1.82, 2.24) is 0 Å².